The molecule has 22 heavy (non-hydrogen) atoms. The monoisotopic (exact) mass is 313 g/mol. The van der Waals surface area contributed by atoms with E-state index in [1.807, 2.05) is 6.92 Å². The van der Waals surface area contributed by atoms with Crippen LogP contribution in [0.15, 0.2) is 30.3 Å². The molecule has 1 aromatic heterocycles. The Kier molecular flexibility index (Phi) is 4.39. The molecule has 2 rings (SSSR count). The number of benzene rings is 1. The van der Waals surface area contributed by atoms with Crippen LogP contribution >= 0.6 is 0 Å². The third kappa shape index (κ3) is 4.00. The van der Waals surface area contributed by atoms with E-state index in [2.05, 4.69) is 10.4 Å². The maximum atomic E-state index is 12.4. The van der Waals surface area contributed by atoms with E-state index in [-0.39, 0.29) is 12.3 Å². The molecule has 1 aromatic carbocycles. The van der Waals surface area contributed by atoms with Crippen molar-refractivity contribution in [2.75, 3.05) is 11.9 Å². The Bertz CT molecular complexity index is 643. The number of carbonyl (C=O) groups excluding carboxylic acids is 1. The number of hydrogen-bond acceptors (Lipinski definition) is 3. The summed E-state index contributed by atoms with van der Waals surface area (Å²) in [6.45, 7) is 1.56. The highest BCUT2D eigenvalue weighted by Gasteiger charge is 2.29. The Morgan fingerprint density at radius 1 is 1.32 bits per heavy atom. The standard InChI is InChI=1S/C14H14F3N3O2/c1-9-7-13(19-20(9)2)22-8-12(21)18-11-5-3-10(4-6-11)14(15,16)17/h3-7H,8H2,1-2H3,(H,18,21). The van der Waals surface area contributed by atoms with Gasteiger partial charge in [0, 0.05) is 24.5 Å². The molecule has 0 fully saturated rings. The molecule has 0 aliphatic carbocycles. The Labute approximate surface area is 124 Å². The largest absolute Gasteiger partial charge is 0.466 e. The number of alkyl halides is 3. The second kappa shape index (κ2) is 6.08. The van der Waals surface area contributed by atoms with Crippen LogP contribution in [-0.2, 0) is 18.0 Å². The molecular weight excluding hydrogens is 299 g/mol. The Morgan fingerprint density at radius 2 is 1.95 bits per heavy atom. The van der Waals surface area contributed by atoms with Gasteiger partial charge in [-0.2, -0.15) is 13.2 Å². The number of aryl methyl sites for hydroxylation is 2. The van der Waals surface area contributed by atoms with Gasteiger partial charge in [0.25, 0.3) is 5.91 Å². The highest BCUT2D eigenvalue weighted by atomic mass is 19.4. The summed E-state index contributed by atoms with van der Waals surface area (Å²) < 4.78 is 44.0. The fraction of sp³-hybridized carbons (Fsp3) is 0.286. The molecule has 1 N–H and O–H groups in total. The highest BCUT2D eigenvalue weighted by molar-refractivity contribution is 5.91. The second-order valence-corrected chi connectivity index (χ2v) is 4.66. The van der Waals surface area contributed by atoms with Crippen LogP contribution in [0.4, 0.5) is 18.9 Å². The van der Waals surface area contributed by atoms with Crippen LogP contribution in [-0.4, -0.2) is 22.3 Å². The van der Waals surface area contributed by atoms with Crippen LogP contribution in [0.25, 0.3) is 0 Å². The van der Waals surface area contributed by atoms with Gasteiger partial charge >= 0.3 is 6.18 Å². The summed E-state index contributed by atoms with van der Waals surface area (Å²) in [6.07, 6.45) is -4.40. The number of rotatable bonds is 4. The number of halogens is 3. The van der Waals surface area contributed by atoms with E-state index in [1.165, 1.54) is 12.1 Å². The van der Waals surface area contributed by atoms with Crippen molar-refractivity contribution in [1.82, 2.24) is 9.78 Å². The smallest absolute Gasteiger partial charge is 0.416 e. The zero-order valence-corrected chi connectivity index (χ0v) is 11.9. The molecule has 0 saturated carbocycles. The summed E-state index contributed by atoms with van der Waals surface area (Å²) in [5.41, 5.74) is 0.364. The number of ether oxygens (including phenoxy) is 1. The van der Waals surface area contributed by atoms with Gasteiger partial charge in [0.1, 0.15) is 0 Å². The molecule has 0 atom stereocenters. The molecule has 0 unspecified atom stereocenters. The molecule has 0 radical (unpaired) electrons. The van der Waals surface area contributed by atoms with Crippen molar-refractivity contribution in [3.05, 3.63) is 41.6 Å². The van der Waals surface area contributed by atoms with Crippen LogP contribution < -0.4 is 10.1 Å². The average Bonchev–Trinajstić information content (AvgIpc) is 2.75. The van der Waals surface area contributed by atoms with E-state index in [4.69, 9.17) is 4.74 Å². The minimum Gasteiger partial charge on any atom is -0.466 e. The van der Waals surface area contributed by atoms with E-state index < -0.39 is 17.6 Å². The minimum atomic E-state index is -4.40. The summed E-state index contributed by atoms with van der Waals surface area (Å²) in [7, 11) is 1.74. The molecule has 0 saturated heterocycles. The fourth-order valence-electron chi connectivity index (χ4n) is 1.68. The molecule has 0 aliphatic rings. The molecule has 0 bridgehead atoms. The fourth-order valence-corrected chi connectivity index (χ4v) is 1.68. The molecule has 2 aromatic rings. The zero-order valence-electron chi connectivity index (χ0n) is 11.9. The molecule has 1 heterocycles. The number of aromatic nitrogens is 2. The summed E-state index contributed by atoms with van der Waals surface area (Å²) >= 11 is 0. The van der Waals surface area contributed by atoms with Crippen molar-refractivity contribution in [3.8, 4) is 5.88 Å². The van der Waals surface area contributed by atoms with E-state index in [0.29, 0.717) is 5.88 Å². The van der Waals surface area contributed by atoms with Gasteiger partial charge in [-0.3, -0.25) is 9.48 Å². The van der Waals surface area contributed by atoms with Crippen LogP contribution in [0.5, 0.6) is 5.88 Å². The molecule has 5 nitrogen and oxygen atoms in total. The zero-order chi connectivity index (χ0) is 16.3. The van der Waals surface area contributed by atoms with Crippen molar-refractivity contribution in [2.45, 2.75) is 13.1 Å². The Morgan fingerprint density at radius 3 is 2.45 bits per heavy atom. The number of nitrogens with zero attached hydrogens (tertiary/aromatic N) is 2. The summed E-state index contributed by atoms with van der Waals surface area (Å²) in [5, 5.41) is 6.46. The maximum absolute atomic E-state index is 12.4. The third-order valence-electron chi connectivity index (χ3n) is 2.94. The van der Waals surface area contributed by atoms with E-state index >= 15 is 0 Å². The maximum Gasteiger partial charge on any atom is 0.416 e. The second-order valence-electron chi connectivity index (χ2n) is 4.66. The van der Waals surface area contributed by atoms with Gasteiger partial charge in [-0.15, -0.1) is 5.10 Å². The van der Waals surface area contributed by atoms with Crippen molar-refractivity contribution in [1.29, 1.82) is 0 Å². The van der Waals surface area contributed by atoms with E-state index in [1.54, 1.807) is 17.8 Å². The Balaban J connectivity index is 1.89. The lowest BCUT2D eigenvalue weighted by atomic mass is 10.2. The van der Waals surface area contributed by atoms with Gasteiger partial charge < -0.3 is 10.1 Å². The van der Waals surface area contributed by atoms with Crippen molar-refractivity contribution in [2.24, 2.45) is 7.05 Å². The number of hydrogen-bond donors (Lipinski definition) is 1. The van der Waals surface area contributed by atoms with Gasteiger partial charge in [0.2, 0.25) is 5.88 Å². The predicted molar refractivity (Wildman–Crippen MR) is 73.5 cm³/mol. The van der Waals surface area contributed by atoms with Gasteiger partial charge in [-0.1, -0.05) is 0 Å². The van der Waals surface area contributed by atoms with Crippen molar-refractivity contribution in [3.63, 3.8) is 0 Å². The molecule has 118 valence electrons. The van der Waals surface area contributed by atoms with Crippen LogP contribution in [0.2, 0.25) is 0 Å². The first-order valence-corrected chi connectivity index (χ1v) is 6.36. The lowest BCUT2D eigenvalue weighted by Crippen LogP contribution is -2.20. The molecule has 8 heteroatoms. The number of carbonyl (C=O) groups is 1. The lowest BCUT2D eigenvalue weighted by molar-refractivity contribution is -0.137. The minimum absolute atomic E-state index is 0.263. The van der Waals surface area contributed by atoms with Gasteiger partial charge in [0.05, 0.1) is 5.56 Å². The number of anilines is 1. The summed E-state index contributed by atoms with van der Waals surface area (Å²) in [4.78, 5) is 11.7. The van der Waals surface area contributed by atoms with Crippen LogP contribution in [0.1, 0.15) is 11.3 Å². The SMILES string of the molecule is Cc1cc(OCC(=O)Nc2ccc(C(F)(F)F)cc2)nn1C. The average molecular weight is 313 g/mol. The molecular formula is C14H14F3N3O2. The van der Waals surface area contributed by atoms with Crippen LogP contribution in [0, 0.1) is 6.92 Å². The normalized spacial score (nSPS) is 11.3. The van der Waals surface area contributed by atoms with Gasteiger partial charge in [-0.05, 0) is 31.2 Å². The quantitative estimate of drug-likeness (QED) is 0.944. The molecule has 1 amide bonds. The molecule has 0 spiro atoms. The number of amides is 1. The van der Waals surface area contributed by atoms with Crippen molar-refractivity contribution < 1.29 is 22.7 Å². The third-order valence-corrected chi connectivity index (χ3v) is 2.94. The highest BCUT2D eigenvalue weighted by Crippen LogP contribution is 2.29. The lowest BCUT2D eigenvalue weighted by Gasteiger charge is -2.09. The summed E-state index contributed by atoms with van der Waals surface area (Å²) in [5.74, 6) is -0.175. The van der Waals surface area contributed by atoms with Crippen LogP contribution in [0.3, 0.4) is 0 Å². The van der Waals surface area contributed by atoms with Gasteiger partial charge in [-0.25, -0.2) is 0 Å². The van der Waals surface area contributed by atoms with E-state index in [9.17, 15) is 18.0 Å². The first kappa shape index (κ1) is 15.9. The van der Waals surface area contributed by atoms with Gasteiger partial charge in [0.15, 0.2) is 6.61 Å². The van der Waals surface area contributed by atoms with Crippen molar-refractivity contribution >= 4 is 11.6 Å². The first-order valence-electron chi connectivity index (χ1n) is 6.36. The first-order chi connectivity index (χ1) is 10.3. The Hall–Kier alpha value is -2.51. The topological polar surface area (TPSA) is 56.1 Å². The number of nitrogens with one attached hydrogen (secondary N) is 1. The summed E-state index contributed by atoms with van der Waals surface area (Å²) in [6, 6.07) is 5.85. The predicted octanol–water partition coefficient (Wildman–Crippen LogP) is 2.76. The van der Waals surface area contributed by atoms with E-state index in [0.717, 1.165) is 17.8 Å². The molecule has 0 aliphatic heterocycles.